The lowest BCUT2D eigenvalue weighted by Crippen LogP contribution is -2.31. The molecule has 0 saturated carbocycles. The second-order valence-electron chi connectivity index (χ2n) is 4.33. The van der Waals surface area contributed by atoms with E-state index in [2.05, 4.69) is 0 Å². The highest BCUT2D eigenvalue weighted by molar-refractivity contribution is 5.72. The normalized spacial score (nSPS) is 30.7. The summed E-state index contributed by atoms with van der Waals surface area (Å²) >= 11 is 0. The van der Waals surface area contributed by atoms with Crippen molar-refractivity contribution in [2.75, 3.05) is 0 Å². The van der Waals surface area contributed by atoms with Gasteiger partial charge < -0.3 is 9.84 Å². The topological polar surface area (TPSA) is 46.5 Å². The van der Waals surface area contributed by atoms with Crippen LogP contribution in [0.4, 0.5) is 0 Å². The van der Waals surface area contributed by atoms with Crippen molar-refractivity contribution in [3.05, 3.63) is 0 Å². The summed E-state index contributed by atoms with van der Waals surface area (Å²) in [4.78, 5) is 10.9. The van der Waals surface area contributed by atoms with Crippen LogP contribution < -0.4 is 0 Å². The molecule has 0 aromatic rings. The Kier molecular flexibility index (Phi) is 3.31. The van der Waals surface area contributed by atoms with Crippen molar-refractivity contribution < 1.29 is 14.6 Å². The number of aliphatic hydroxyl groups is 1. The molecule has 76 valence electrons. The lowest BCUT2D eigenvalue weighted by atomic mass is 9.94. The zero-order valence-electron chi connectivity index (χ0n) is 8.49. The van der Waals surface area contributed by atoms with E-state index < -0.39 is 6.10 Å². The number of hydrogen-bond acceptors (Lipinski definition) is 3. The van der Waals surface area contributed by atoms with Crippen molar-refractivity contribution >= 4 is 5.97 Å². The molecule has 1 aliphatic heterocycles. The maximum Gasteiger partial charge on any atom is 0.306 e. The van der Waals surface area contributed by atoms with Gasteiger partial charge in [-0.25, -0.2) is 0 Å². The van der Waals surface area contributed by atoms with Crippen molar-refractivity contribution in [1.82, 2.24) is 0 Å². The molecule has 1 heterocycles. The molecule has 1 N–H and O–H groups in total. The van der Waals surface area contributed by atoms with E-state index in [1.54, 1.807) is 0 Å². The summed E-state index contributed by atoms with van der Waals surface area (Å²) < 4.78 is 5.05. The molecule has 0 aromatic heterocycles. The minimum absolute atomic E-state index is 0.154. The zero-order chi connectivity index (χ0) is 10.0. The van der Waals surface area contributed by atoms with E-state index in [0.29, 0.717) is 18.8 Å². The molecule has 3 atom stereocenters. The Hall–Kier alpha value is -0.570. The third-order valence-corrected chi connectivity index (χ3v) is 2.41. The summed E-state index contributed by atoms with van der Waals surface area (Å²) in [5.41, 5.74) is 0. The highest BCUT2D eigenvalue weighted by Gasteiger charge is 2.36. The first-order valence-corrected chi connectivity index (χ1v) is 4.88. The Morgan fingerprint density at radius 1 is 1.62 bits per heavy atom. The van der Waals surface area contributed by atoms with Crippen LogP contribution in [0.3, 0.4) is 0 Å². The molecule has 0 amide bonds. The molecule has 0 aliphatic carbocycles. The van der Waals surface area contributed by atoms with Gasteiger partial charge in [0.2, 0.25) is 0 Å². The minimum Gasteiger partial charge on any atom is -0.459 e. The van der Waals surface area contributed by atoms with Crippen LogP contribution in [0, 0.1) is 11.8 Å². The molecule has 0 aromatic carbocycles. The second kappa shape index (κ2) is 4.09. The molecule has 3 nitrogen and oxygen atoms in total. The molecule has 1 rings (SSSR count). The van der Waals surface area contributed by atoms with Crippen molar-refractivity contribution in [3.8, 4) is 0 Å². The molecule has 13 heavy (non-hydrogen) atoms. The van der Waals surface area contributed by atoms with Gasteiger partial charge in [0.15, 0.2) is 0 Å². The third kappa shape index (κ3) is 2.69. The fourth-order valence-corrected chi connectivity index (χ4v) is 1.77. The summed E-state index contributed by atoms with van der Waals surface area (Å²) in [6.45, 7) is 6.04. The summed E-state index contributed by atoms with van der Waals surface area (Å²) in [6, 6.07) is 0. The van der Waals surface area contributed by atoms with Crippen LogP contribution in [-0.4, -0.2) is 23.3 Å². The molecule has 1 fully saturated rings. The predicted octanol–water partition coefficient (Wildman–Crippen LogP) is 1.34. The van der Waals surface area contributed by atoms with Crippen LogP contribution in [0.15, 0.2) is 0 Å². The van der Waals surface area contributed by atoms with E-state index in [0.717, 1.165) is 0 Å². The van der Waals surface area contributed by atoms with Crippen molar-refractivity contribution in [1.29, 1.82) is 0 Å². The fourth-order valence-electron chi connectivity index (χ4n) is 1.77. The lowest BCUT2D eigenvalue weighted by molar-refractivity contribution is -0.146. The molecule has 1 aliphatic rings. The summed E-state index contributed by atoms with van der Waals surface area (Å²) in [7, 11) is 0. The van der Waals surface area contributed by atoms with Crippen molar-refractivity contribution in [2.45, 2.75) is 45.8 Å². The van der Waals surface area contributed by atoms with Gasteiger partial charge in [-0.3, -0.25) is 4.79 Å². The zero-order valence-corrected chi connectivity index (χ0v) is 8.49. The van der Waals surface area contributed by atoms with Crippen LogP contribution in [-0.2, 0) is 9.53 Å². The molecule has 3 heteroatoms. The smallest absolute Gasteiger partial charge is 0.306 e. The average molecular weight is 186 g/mol. The van der Waals surface area contributed by atoms with E-state index in [1.165, 1.54) is 0 Å². The summed E-state index contributed by atoms with van der Waals surface area (Å²) in [6.07, 6.45) is 0.360. The van der Waals surface area contributed by atoms with Crippen LogP contribution in [0.5, 0.6) is 0 Å². The minimum atomic E-state index is -0.499. The molecule has 1 unspecified atom stereocenters. The number of carbonyl (C=O) groups excluding carboxylic acids is 1. The Morgan fingerprint density at radius 3 is 2.62 bits per heavy atom. The SMILES string of the molecule is CC(C)CC(O)[C@H]1OC(=O)C[C@@H]1C. The van der Waals surface area contributed by atoms with Crippen LogP contribution in [0.25, 0.3) is 0 Å². The first-order chi connectivity index (χ1) is 6.00. The number of aliphatic hydroxyl groups excluding tert-OH is 1. The van der Waals surface area contributed by atoms with Gasteiger partial charge in [0.1, 0.15) is 6.10 Å². The highest BCUT2D eigenvalue weighted by Crippen LogP contribution is 2.26. The van der Waals surface area contributed by atoms with E-state index in [1.807, 2.05) is 20.8 Å². The van der Waals surface area contributed by atoms with Gasteiger partial charge in [-0.15, -0.1) is 0 Å². The number of ether oxygens (including phenoxy) is 1. The Morgan fingerprint density at radius 2 is 2.23 bits per heavy atom. The van der Waals surface area contributed by atoms with Gasteiger partial charge in [0, 0.05) is 5.92 Å². The van der Waals surface area contributed by atoms with Gasteiger partial charge >= 0.3 is 5.97 Å². The van der Waals surface area contributed by atoms with Crippen LogP contribution in [0.2, 0.25) is 0 Å². The van der Waals surface area contributed by atoms with Gasteiger partial charge in [-0.1, -0.05) is 20.8 Å². The number of esters is 1. The number of carbonyl (C=O) groups is 1. The number of rotatable bonds is 3. The fraction of sp³-hybridized carbons (Fsp3) is 0.900. The summed E-state index contributed by atoms with van der Waals surface area (Å²) in [5.74, 6) is 0.406. The molecular weight excluding hydrogens is 168 g/mol. The van der Waals surface area contributed by atoms with E-state index in [9.17, 15) is 9.90 Å². The Labute approximate surface area is 79.1 Å². The van der Waals surface area contributed by atoms with Crippen molar-refractivity contribution in [2.24, 2.45) is 11.8 Å². The van der Waals surface area contributed by atoms with E-state index >= 15 is 0 Å². The first-order valence-electron chi connectivity index (χ1n) is 4.88. The Balaban J connectivity index is 2.47. The Bertz CT molecular complexity index is 189. The lowest BCUT2D eigenvalue weighted by Gasteiger charge is -2.21. The third-order valence-electron chi connectivity index (χ3n) is 2.41. The highest BCUT2D eigenvalue weighted by atomic mass is 16.6. The predicted molar refractivity (Wildman–Crippen MR) is 49.1 cm³/mol. The largest absolute Gasteiger partial charge is 0.459 e. The summed E-state index contributed by atoms with van der Waals surface area (Å²) in [5, 5.41) is 9.73. The molecule has 0 bridgehead atoms. The monoisotopic (exact) mass is 186 g/mol. The van der Waals surface area contributed by atoms with Crippen LogP contribution in [0.1, 0.15) is 33.6 Å². The molecule has 0 spiro atoms. The van der Waals surface area contributed by atoms with E-state index in [-0.39, 0.29) is 18.0 Å². The first kappa shape index (κ1) is 10.5. The van der Waals surface area contributed by atoms with E-state index in [4.69, 9.17) is 4.74 Å². The molecule has 0 radical (unpaired) electrons. The van der Waals surface area contributed by atoms with Gasteiger partial charge in [-0.05, 0) is 12.3 Å². The average Bonchev–Trinajstić information content (AvgIpc) is 2.28. The maximum absolute atomic E-state index is 10.9. The van der Waals surface area contributed by atoms with Gasteiger partial charge in [0.25, 0.3) is 0 Å². The number of cyclic esters (lactones) is 1. The van der Waals surface area contributed by atoms with Gasteiger partial charge in [-0.2, -0.15) is 0 Å². The standard InChI is InChI=1S/C10H18O3/c1-6(2)4-8(11)10-7(3)5-9(12)13-10/h6-8,10-11H,4-5H2,1-3H3/t7-,8?,10-/m0/s1. The maximum atomic E-state index is 10.9. The molecule has 1 saturated heterocycles. The molecular formula is C10H18O3. The quantitative estimate of drug-likeness (QED) is 0.677. The van der Waals surface area contributed by atoms with Crippen LogP contribution >= 0.6 is 0 Å². The number of hydrogen-bond donors (Lipinski definition) is 1. The van der Waals surface area contributed by atoms with Crippen molar-refractivity contribution in [3.63, 3.8) is 0 Å². The van der Waals surface area contributed by atoms with Gasteiger partial charge in [0.05, 0.1) is 12.5 Å². The second-order valence-corrected chi connectivity index (χ2v) is 4.33.